The standard InChI is InChI=1S/C23H21N3O4S/c1-13-22(31-14(2)25-13)20(27)18-19(15-8-10-24-11-9-15)26(23(29)21(18)28)12-16-6-4-5-7-17(16)30-3/h4-11,19,28H,12H2,1-3H3. The van der Waals surface area contributed by atoms with Gasteiger partial charge in [-0.3, -0.25) is 14.6 Å². The Labute approximate surface area is 183 Å². The molecule has 0 fully saturated rings. The zero-order valence-electron chi connectivity index (χ0n) is 17.3. The number of hydrogen-bond acceptors (Lipinski definition) is 7. The fourth-order valence-electron chi connectivity index (χ4n) is 3.82. The van der Waals surface area contributed by atoms with Gasteiger partial charge in [0.15, 0.2) is 5.76 Å². The number of carbonyl (C=O) groups excluding carboxylic acids is 2. The number of aliphatic hydroxyl groups excluding tert-OH is 1. The molecular formula is C23H21N3O4S. The number of nitrogens with zero attached hydrogens (tertiary/aromatic N) is 3. The maximum Gasteiger partial charge on any atom is 0.290 e. The lowest BCUT2D eigenvalue weighted by atomic mass is 9.95. The zero-order valence-corrected chi connectivity index (χ0v) is 18.1. The summed E-state index contributed by atoms with van der Waals surface area (Å²) in [6, 6.07) is 10.1. The highest BCUT2D eigenvalue weighted by Crippen LogP contribution is 2.41. The van der Waals surface area contributed by atoms with Gasteiger partial charge in [-0.15, -0.1) is 11.3 Å². The summed E-state index contributed by atoms with van der Waals surface area (Å²) in [5.41, 5.74) is 2.09. The third-order valence-corrected chi connectivity index (χ3v) is 6.28. The van der Waals surface area contributed by atoms with Gasteiger partial charge >= 0.3 is 0 Å². The van der Waals surface area contributed by atoms with Crippen LogP contribution in [-0.2, 0) is 11.3 Å². The van der Waals surface area contributed by atoms with E-state index in [-0.39, 0.29) is 12.1 Å². The number of Topliss-reactive ketones (excluding diaryl/α,β-unsaturated/α-hetero) is 1. The molecule has 1 atom stereocenters. The fourth-order valence-corrected chi connectivity index (χ4v) is 4.70. The number of carbonyl (C=O) groups is 2. The molecule has 0 saturated carbocycles. The van der Waals surface area contributed by atoms with Crippen molar-refractivity contribution in [3.05, 3.63) is 86.8 Å². The van der Waals surface area contributed by atoms with Gasteiger partial charge in [-0.05, 0) is 37.6 Å². The highest BCUT2D eigenvalue weighted by atomic mass is 32.1. The molecule has 4 rings (SSSR count). The number of hydrogen-bond donors (Lipinski definition) is 1. The minimum Gasteiger partial charge on any atom is -0.503 e. The zero-order chi connectivity index (χ0) is 22.1. The summed E-state index contributed by atoms with van der Waals surface area (Å²) in [5.74, 6) is -0.905. The Morgan fingerprint density at radius 3 is 2.55 bits per heavy atom. The van der Waals surface area contributed by atoms with Crippen molar-refractivity contribution in [2.24, 2.45) is 0 Å². The third kappa shape index (κ3) is 3.70. The lowest BCUT2D eigenvalue weighted by molar-refractivity contribution is -0.130. The summed E-state index contributed by atoms with van der Waals surface area (Å²) in [6.07, 6.45) is 3.20. The van der Waals surface area contributed by atoms with Crippen LogP contribution in [0.4, 0.5) is 0 Å². The van der Waals surface area contributed by atoms with Crippen molar-refractivity contribution in [2.45, 2.75) is 26.4 Å². The largest absolute Gasteiger partial charge is 0.503 e. The van der Waals surface area contributed by atoms with Crippen LogP contribution in [0.3, 0.4) is 0 Å². The summed E-state index contributed by atoms with van der Waals surface area (Å²) < 4.78 is 5.42. The Balaban J connectivity index is 1.81. The van der Waals surface area contributed by atoms with Crippen molar-refractivity contribution in [1.29, 1.82) is 0 Å². The van der Waals surface area contributed by atoms with Crippen molar-refractivity contribution in [3.8, 4) is 5.75 Å². The Kier molecular flexibility index (Phi) is 5.56. The first kappa shape index (κ1) is 20.7. The molecule has 0 bridgehead atoms. The van der Waals surface area contributed by atoms with Crippen molar-refractivity contribution in [1.82, 2.24) is 14.9 Å². The number of ether oxygens (including phenoxy) is 1. The van der Waals surface area contributed by atoms with Crippen LogP contribution in [0, 0.1) is 13.8 Å². The van der Waals surface area contributed by atoms with Gasteiger partial charge in [0.25, 0.3) is 5.91 Å². The van der Waals surface area contributed by atoms with Crippen LogP contribution < -0.4 is 4.74 Å². The molecule has 2 aromatic heterocycles. The van der Waals surface area contributed by atoms with Crippen molar-refractivity contribution in [3.63, 3.8) is 0 Å². The van der Waals surface area contributed by atoms with Crippen molar-refractivity contribution < 1.29 is 19.4 Å². The number of aryl methyl sites for hydroxylation is 2. The van der Waals surface area contributed by atoms with Gasteiger partial charge in [-0.1, -0.05) is 18.2 Å². The molecule has 0 aliphatic carbocycles. The monoisotopic (exact) mass is 435 g/mol. The highest BCUT2D eigenvalue weighted by Gasteiger charge is 2.44. The summed E-state index contributed by atoms with van der Waals surface area (Å²) in [7, 11) is 1.56. The number of methoxy groups -OCH3 is 1. The predicted molar refractivity (Wildman–Crippen MR) is 116 cm³/mol. The van der Waals surface area contributed by atoms with E-state index >= 15 is 0 Å². The molecule has 0 radical (unpaired) electrons. The Morgan fingerprint density at radius 1 is 1.19 bits per heavy atom. The number of benzene rings is 1. The van der Waals surface area contributed by atoms with Crippen LogP contribution in [0.15, 0.2) is 60.1 Å². The number of rotatable bonds is 6. The molecule has 0 saturated heterocycles. The Bertz CT molecular complexity index is 1190. The molecule has 1 unspecified atom stereocenters. The summed E-state index contributed by atoms with van der Waals surface area (Å²) in [6.45, 7) is 3.73. The molecule has 1 N–H and O–H groups in total. The molecule has 7 nitrogen and oxygen atoms in total. The number of thiazole rings is 1. The quantitative estimate of drug-likeness (QED) is 0.590. The summed E-state index contributed by atoms with van der Waals surface area (Å²) in [5, 5.41) is 11.5. The minimum absolute atomic E-state index is 0.0536. The van der Waals surface area contributed by atoms with E-state index in [0.29, 0.717) is 21.9 Å². The van der Waals surface area contributed by atoms with E-state index in [0.717, 1.165) is 10.6 Å². The van der Waals surface area contributed by atoms with Crippen LogP contribution in [0.1, 0.15) is 37.5 Å². The van der Waals surface area contributed by atoms with E-state index in [1.807, 2.05) is 25.1 Å². The van der Waals surface area contributed by atoms with Gasteiger partial charge in [0, 0.05) is 18.0 Å². The topological polar surface area (TPSA) is 92.6 Å². The van der Waals surface area contributed by atoms with Crippen LogP contribution >= 0.6 is 11.3 Å². The average Bonchev–Trinajstić information content (AvgIpc) is 3.24. The first-order valence-electron chi connectivity index (χ1n) is 9.67. The highest BCUT2D eigenvalue weighted by molar-refractivity contribution is 7.14. The number of para-hydroxylation sites is 1. The number of aliphatic hydroxyl groups is 1. The molecule has 1 amide bonds. The molecule has 0 spiro atoms. The van der Waals surface area contributed by atoms with Crippen LogP contribution in [0.5, 0.6) is 5.75 Å². The third-order valence-electron chi connectivity index (χ3n) is 5.21. The molecule has 8 heteroatoms. The molecule has 31 heavy (non-hydrogen) atoms. The van der Waals surface area contributed by atoms with Crippen LogP contribution in [0.25, 0.3) is 0 Å². The van der Waals surface area contributed by atoms with Gasteiger partial charge in [0.2, 0.25) is 5.78 Å². The first-order valence-corrected chi connectivity index (χ1v) is 10.5. The smallest absolute Gasteiger partial charge is 0.290 e. The van der Waals surface area contributed by atoms with Gasteiger partial charge < -0.3 is 14.7 Å². The van der Waals surface area contributed by atoms with Gasteiger partial charge in [0.05, 0.1) is 40.8 Å². The van der Waals surface area contributed by atoms with Gasteiger partial charge in [0.1, 0.15) is 5.75 Å². The second-order valence-electron chi connectivity index (χ2n) is 7.17. The van der Waals surface area contributed by atoms with E-state index < -0.39 is 23.5 Å². The Morgan fingerprint density at radius 2 is 1.90 bits per heavy atom. The number of aromatic nitrogens is 2. The van der Waals surface area contributed by atoms with Crippen molar-refractivity contribution >= 4 is 23.0 Å². The summed E-state index contributed by atoms with van der Waals surface area (Å²) in [4.78, 5) is 36.9. The van der Waals surface area contributed by atoms with E-state index in [2.05, 4.69) is 9.97 Å². The molecule has 3 aromatic rings. The molecular weight excluding hydrogens is 414 g/mol. The fraction of sp³-hybridized carbons (Fsp3) is 0.217. The second-order valence-corrected chi connectivity index (χ2v) is 8.37. The normalized spacial score (nSPS) is 16.2. The lowest BCUT2D eigenvalue weighted by Crippen LogP contribution is -2.30. The maximum absolute atomic E-state index is 13.5. The van der Waals surface area contributed by atoms with E-state index in [1.54, 1.807) is 44.6 Å². The van der Waals surface area contributed by atoms with Crippen LogP contribution in [-0.4, -0.2) is 38.8 Å². The number of amides is 1. The summed E-state index contributed by atoms with van der Waals surface area (Å²) >= 11 is 1.25. The van der Waals surface area contributed by atoms with Crippen molar-refractivity contribution in [2.75, 3.05) is 7.11 Å². The van der Waals surface area contributed by atoms with E-state index in [9.17, 15) is 14.7 Å². The Hall–Kier alpha value is -3.52. The second kappa shape index (κ2) is 8.31. The van der Waals surface area contributed by atoms with E-state index in [1.165, 1.54) is 16.2 Å². The number of pyridine rings is 1. The van der Waals surface area contributed by atoms with Gasteiger partial charge in [-0.25, -0.2) is 4.98 Å². The lowest BCUT2D eigenvalue weighted by Gasteiger charge is -2.27. The van der Waals surface area contributed by atoms with Gasteiger partial charge in [-0.2, -0.15) is 0 Å². The number of ketones is 1. The molecule has 158 valence electrons. The van der Waals surface area contributed by atoms with Crippen LogP contribution in [0.2, 0.25) is 0 Å². The maximum atomic E-state index is 13.5. The molecule has 1 aromatic carbocycles. The minimum atomic E-state index is -0.755. The molecule has 1 aliphatic rings. The first-order chi connectivity index (χ1) is 14.9. The van der Waals surface area contributed by atoms with E-state index in [4.69, 9.17) is 4.74 Å². The SMILES string of the molecule is COc1ccccc1CN1C(=O)C(O)=C(C(=O)c2sc(C)nc2C)C1c1ccncc1. The molecule has 3 heterocycles. The average molecular weight is 436 g/mol. The predicted octanol–water partition coefficient (Wildman–Crippen LogP) is 3.94. The molecule has 1 aliphatic heterocycles.